The molecule has 0 spiro atoms. The van der Waals surface area contributed by atoms with Gasteiger partial charge in [-0.15, -0.1) is 6.58 Å². The highest BCUT2D eigenvalue weighted by Crippen LogP contribution is 2.38. The highest BCUT2D eigenvalue weighted by Gasteiger charge is 2.37. The molecule has 1 fully saturated rings. The van der Waals surface area contributed by atoms with E-state index in [4.69, 9.17) is 9.47 Å². The van der Waals surface area contributed by atoms with Gasteiger partial charge in [-0.2, -0.15) is 0 Å². The molecule has 0 radical (unpaired) electrons. The Kier molecular flexibility index (Phi) is 9.69. The molecule has 2 aliphatic heterocycles. The molecule has 7 nitrogen and oxygen atoms in total. The van der Waals surface area contributed by atoms with E-state index in [2.05, 4.69) is 35.2 Å². The average molecular weight is 695 g/mol. The van der Waals surface area contributed by atoms with Crippen LogP contribution in [-0.4, -0.2) is 46.5 Å². The van der Waals surface area contributed by atoms with Crippen molar-refractivity contribution in [2.24, 2.45) is 0 Å². The van der Waals surface area contributed by atoms with Crippen molar-refractivity contribution in [3.05, 3.63) is 110 Å². The van der Waals surface area contributed by atoms with Gasteiger partial charge in [-0.05, 0) is 107 Å². The molecule has 3 aromatic carbocycles. The summed E-state index contributed by atoms with van der Waals surface area (Å²) in [5, 5.41) is -0.453. The Hall–Kier alpha value is -3.57. The highest BCUT2D eigenvalue weighted by molar-refractivity contribution is 14.1. The normalized spacial score (nSPS) is 15.6. The minimum absolute atomic E-state index is 0.241. The average Bonchev–Trinajstić information content (AvgIpc) is 3.24. The number of benzene rings is 3. The second-order valence-corrected chi connectivity index (χ2v) is 12.2. The van der Waals surface area contributed by atoms with Gasteiger partial charge in [-0.1, -0.05) is 42.5 Å². The first kappa shape index (κ1) is 29.9. The van der Waals surface area contributed by atoms with Crippen LogP contribution in [0.1, 0.15) is 34.7 Å². The van der Waals surface area contributed by atoms with Gasteiger partial charge < -0.3 is 14.4 Å². The molecule has 9 heteroatoms. The van der Waals surface area contributed by atoms with Gasteiger partial charge in [-0.3, -0.25) is 19.3 Å². The molecule has 0 atom stereocenters. The first-order chi connectivity index (χ1) is 20.4. The van der Waals surface area contributed by atoms with Crippen LogP contribution in [0.4, 0.5) is 4.79 Å². The third-order valence-corrected chi connectivity index (χ3v) is 8.69. The number of allylic oxidation sites excluding steroid dienone is 1. The van der Waals surface area contributed by atoms with Crippen LogP contribution < -0.4 is 9.47 Å². The number of rotatable bonds is 10. The van der Waals surface area contributed by atoms with Gasteiger partial charge in [0.1, 0.15) is 13.2 Å². The predicted octanol–water partition coefficient (Wildman–Crippen LogP) is 6.62. The number of carbonyl (C=O) groups excluding carboxylic acids is 3. The third-order valence-electron chi connectivity index (χ3n) is 7.06. The molecule has 0 saturated carbocycles. The van der Waals surface area contributed by atoms with Crippen LogP contribution >= 0.6 is 34.4 Å². The summed E-state index contributed by atoms with van der Waals surface area (Å²) in [5.74, 6) is 0.454. The second-order valence-electron chi connectivity index (χ2n) is 9.95. The van der Waals surface area contributed by atoms with Crippen molar-refractivity contribution >= 4 is 57.5 Å². The largest absolute Gasteiger partial charge is 0.490 e. The quantitative estimate of drug-likeness (QED) is 0.135. The third kappa shape index (κ3) is 6.90. The Morgan fingerprint density at radius 1 is 1.07 bits per heavy atom. The molecule has 0 aromatic heterocycles. The number of imide groups is 1. The number of thioether (sulfide) groups is 1. The molecule has 3 amide bonds. The fourth-order valence-corrected chi connectivity index (χ4v) is 6.17. The summed E-state index contributed by atoms with van der Waals surface area (Å²) in [5.41, 5.74) is 4.90. The van der Waals surface area contributed by atoms with E-state index in [-0.39, 0.29) is 17.4 Å². The van der Waals surface area contributed by atoms with Crippen LogP contribution in [-0.2, 0) is 35.6 Å². The van der Waals surface area contributed by atoms with E-state index in [1.807, 2.05) is 61.5 Å². The second kappa shape index (κ2) is 13.6. The first-order valence-electron chi connectivity index (χ1n) is 13.7. The summed E-state index contributed by atoms with van der Waals surface area (Å²) in [6, 6.07) is 19.8. The molecule has 0 bridgehead atoms. The standard InChI is InChI=1S/C33H31IN2O5S/c1-3-7-25-16-23(17-28(40-4-2)31(25)41-21-22-10-12-27(34)13-11-22)18-29-32(38)36(33(39)42-29)20-30(37)35-15-14-24-8-5-6-9-26(24)19-35/h3,5-6,8-13,16-18H,1,4,7,14-15,19-21H2,2H3/b29-18-. The monoisotopic (exact) mass is 694 g/mol. The molecule has 0 N–H and O–H groups in total. The summed E-state index contributed by atoms with van der Waals surface area (Å²) in [6.45, 7) is 7.34. The highest BCUT2D eigenvalue weighted by atomic mass is 127. The Labute approximate surface area is 263 Å². The molecule has 3 aromatic rings. The molecular formula is C33H31IN2O5S. The number of amides is 3. The lowest BCUT2D eigenvalue weighted by atomic mass is 10.00. The van der Waals surface area contributed by atoms with Crippen LogP contribution in [0, 0.1) is 3.57 Å². The Bertz CT molecular complexity index is 1550. The van der Waals surface area contributed by atoms with Gasteiger partial charge in [0, 0.05) is 22.2 Å². The fourth-order valence-electron chi connectivity index (χ4n) is 4.97. The van der Waals surface area contributed by atoms with E-state index in [0.717, 1.165) is 43.3 Å². The van der Waals surface area contributed by atoms with Crippen molar-refractivity contribution in [1.82, 2.24) is 9.80 Å². The van der Waals surface area contributed by atoms with Crippen LogP contribution in [0.3, 0.4) is 0 Å². The topological polar surface area (TPSA) is 76.2 Å². The summed E-state index contributed by atoms with van der Waals surface area (Å²) < 4.78 is 13.3. The maximum atomic E-state index is 13.3. The van der Waals surface area contributed by atoms with Crippen molar-refractivity contribution in [2.45, 2.75) is 32.9 Å². The minimum atomic E-state index is -0.474. The zero-order valence-corrected chi connectivity index (χ0v) is 26.3. The molecule has 216 valence electrons. The number of fused-ring (bicyclic) bond motifs is 1. The van der Waals surface area contributed by atoms with E-state index in [0.29, 0.717) is 49.8 Å². The summed E-state index contributed by atoms with van der Waals surface area (Å²) >= 11 is 3.11. The Morgan fingerprint density at radius 2 is 1.83 bits per heavy atom. The van der Waals surface area contributed by atoms with Crippen LogP contribution in [0.5, 0.6) is 11.5 Å². The minimum Gasteiger partial charge on any atom is -0.490 e. The van der Waals surface area contributed by atoms with E-state index in [1.165, 1.54) is 5.56 Å². The molecule has 0 unspecified atom stereocenters. The summed E-state index contributed by atoms with van der Waals surface area (Å²) in [6.07, 6.45) is 4.73. The number of carbonyl (C=O) groups is 3. The smallest absolute Gasteiger partial charge is 0.294 e. The van der Waals surface area contributed by atoms with Gasteiger partial charge in [0.2, 0.25) is 5.91 Å². The Balaban J connectivity index is 1.33. The van der Waals surface area contributed by atoms with Crippen molar-refractivity contribution in [2.75, 3.05) is 19.7 Å². The van der Waals surface area contributed by atoms with Crippen molar-refractivity contribution < 1.29 is 23.9 Å². The summed E-state index contributed by atoms with van der Waals surface area (Å²) in [7, 11) is 0. The van der Waals surface area contributed by atoms with Crippen molar-refractivity contribution in [3.63, 3.8) is 0 Å². The number of hydrogen-bond donors (Lipinski definition) is 0. The Morgan fingerprint density at radius 3 is 2.57 bits per heavy atom. The number of hydrogen-bond acceptors (Lipinski definition) is 6. The van der Waals surface area contributed by atoms with Crippen molar-refractivity contribution in [3.8, 4) is 11.5 Å². The zero-order valence-electron chi connectivity index (χ0n) is 23.3. The first-order valence-corrected chi connectivity index (χ1v) is 15.6. The predicted molar refractivity (Wildman–Crippen MR) is 173 cm³/mol. The molecular weight excluding hydrogens is 663 g/mol. The molecule has 0 aliphatic carbocycles. The van der Waals surface area contributed by atoms with E-state index in [1.54, 1.807) is 17.1 Å². The zero-order chi connectivity index (χ0) is 29.6. The van der Waals surface area contributed by atoms with Gasteiger partial charge >= 0.3 is 0 Å². The van der Waals surface area contributed by atoms with Gasteiger partial charge in [0.05, 0.1) is 11.5 Å². The molecule has 2 aliphatic rings. The molecule has 42 heavy (non-hydrogen) atoms. The van der Waals surface area contributed by atoms with Crippen LogP contribution in [0.15, 0.2) is 78.2 Å². The lowest BCUT2D eigenvalue weighted by Crippen LogP contribution is -2.44. The van der Waals surface area contributed by atoms with Crippen molar-refractivity contribution in [1.29, 1.82) is 0 Å². The summed E-state index contributed by atoms with van der Waals surface area (Å²) in [4.78, 5) is 42.2. The van der Waals surface area contributed by atoms with E-state index >= 15 is 0 Å². The van der Waals surface area contributed by atoms with E-state index < -0.39 is 11.1 Å². The fraction of sp³-hybridized carbons (Fsp3) is 0.242. The lowest BCUT2D eigenvalue weighted by Gasteiger charge is -2.29. The number of ether oxygens (including phenoxy) is 2. The van der Waals surface area contributed by atoms with E-state index in [9.17, 15) is 14.4 Å². The van der Waals surface area contributed by atoms with Gasteiger partial charge in [-0.25, -0.2) is 0 Å². The van der Waals surface area contributed by atoms with Gasteiger partial charge in [0.15, 0.2) is 11.5 Å². The maximum absolute atomic E-state index is 13.3. The number of halogens is 1. The molecule has 5 rings (SSSR count). The molecule has 1 saturated heterocycles. The van der Waals surface area contributed by atoms with Crippen LogP contribution in [0.25, 0.3) is 6.08 Å². The SMILES string of the molecule is C=CCc1cc(/C=C2\SC(=O)N(CC(=O)N3CCc4ccccc4C3)C2=O)cc(OCC)c1OCc1ccc(I)cc1. The van der Waals surface area contributed by atoms with Crippen LogP contribution in [0.2, 0.25) is 0 Å². The maximum Gasteiger partial charge on any atom is 0.294 e. The molecule has 2 heterocycles. The van der Waals surface area contributed by atoms with Gasteiger partial charge in [0.25, 0.3) is 11.1 Å². The lowest BCUT2D eigenvalue weighted by molar-refractivity contribution is -0.136. The number of nitrogens with zero attached hydrogens (tertiary/aromatic N) is 2.